The van der Waals surface area contributed by atoms with Gasteiger partial charge in [-0.15, -0.1) is 0 Å². The van der Waals surface area contributed by atoms with Crippen molar-refractivity contribution in [1.29, 1.82) is 0 Å². The molecule has 0 fully saturated rings. The predicted molar refractivity (Wildman–Crippen MR) is 433 cm³/mol. The number of aliphatic carboxylic acids is 2. The van der Waals surface area contributed by atoms with Crippen molar-refractivity contribution in [3.8, 4) is 5.75 Å². The highest BCUT2D eigenvalue weighted by molar-refractivity contribution is 6.01. The highest BCUT2D eigenvalue weighted by Gasteiger charge is 2.39. The second kappa shape index (κ2) is 56.3. The van der Waals surface area contributed by atoms with E-state index in [0.717, 1.165) is 6.92 Å². The summed E-state index contributed by atoms with van der Waals surface area (Å²) in [5.41, 5.74) is 33.2. The number of primary amides is 4. The molecule has 7 unspecified atom stereocenters. The molecule has 0 saturated carbocycles. The van der Waals surface area contributed by atoms with E-state index in [4.69, 9.17) is 34.4 Å². The number of carbonyl (C=O) groups excluding carboxylic acids is 19. The molecule has 0 aliphatic heterocycles. The quantitative estimate of drug-likeness (QED) is 0.0269. The smallest absolute Gasteiger partial charge is 0.303 e. The zero-order valence-corrected chi connectivity index (χ0v) is 70.0. The lowest BCUT2D eigenvalue weighted by molar-refractivity contribution is -0.139. The maximum atomic E-state index is 14.5. The van der Waals surface area contributed by atoms with Crippen LogP contribution in [0.4, 0.5) is 0 Å². The van der Waals surface area contributed by atoms with Gasteiger partial charge in [0.05, 0.1) is 26.1 Å². The van der Waals surface area contributed by atoms with Gasteiger partial charge in [0.25, 0.3) is 0 Å². The molecule has 0 spiro atoms. The van der Waals surface area contributed by atoms with Crippen LogP contribution in [0.2, 0.25) is 0 Å². The Kier molecular flexibility index (Phi) is 49.7. The van der Waals surface area contributed by atoms with Gasteiger partial charge in [0.15, 0.2) is 0 Å². The molecule has 47 heteroatoms. The van der Waals surface area contributed by atoms with E-state index in [2.05, 4.69) is 85.1 Å². The molecule has 32 N–H and O–H groups in total. The molecule has 0 aliphatic rings. The van der Waals surface area contributed by atoms with E-state index in [1.54, 1.807) is 20.8 Å². The number of carbonyl (C=O) groups is 21. The van der Waals surface area contributed by atoms with E-state index in [-0.39, 0.29) is 57.5 Å². The van der Waals surface area contributed by atoms with Crippen molar-refractivity contribution in [3.05, 3.63) is 29.8 Å². The minimum atomic E-state index is -2.10. The Morgan fingerprint density at radius 3 is 1.09 bits per heavy atom. The number of amides is 19. The molecule has 0 bridgehead atoms. The predicted octanol–water partition coefficient (Wildman–Crippen LogP) is -9.67. The minimum Gasteiger partial charge on any atom is -0.508 e. The molecular weight excluding hydrogens is 1610 g/mol. The first kappa shape index (κ1) is 108. The number of nitrogens with one attached hydrogen (secondary N) is 16. The first-order valence-corrected chi connectivity index (χ1v) is 39.8. The first-order chi connectivity index (χ1) is 57.2. The molecule has 1 aromatic carbocycles. The van der Waals surface area contributed by atoms with Crippen LogP contribution >= 0.6 is 0 Å². The number of hydrogen-bond donors (Lipinski definition) is 26. The average Bonchev–Trinajstić information content (AvgIpc) is 0.845. The summed E-state index contributed by atoms with van der Waals surface area (Å²) in [4.78, 5) is 280. The van der Waals surface area contributed by atoms with Crippen LogP contribution in [0, 0.1) is 17.8 Å². The molecule has 19 amide bonds. The van der Waals surface area contributed by atoms with Gasteiger partial charge in [-0.1, -0.05) is 60.6 Å². The number of carboxylic acids is 2. The Hall–Kier alpha value is -12.3. The molecule has 1 rings (SSSR count). The Morgan fingerprint density at radius 1 is 0.344 bits per heavy atom. The lowest BCUT2D eigenvalue weighted by atomic mass is 9.97. The topological polar surface area (TPSA) is 788 Å². The van der Waals surface area contributed by atoms with Crippen LogP contribution in [0.5, 0.6) is 5.75 Å². The Labute approximate surface area is 704 Å². The van der Waals surface area contributed by atoms with Gasteiger partial charge in [-0.2, -0.15) is 0 Å². The first-order valence-electron chi connectivity index (χ1n) is 39.8. The van der Waals surface area contributed by atoms with Crippen molar-refractivity contribution in [2.45, 2.75) is 250 Å². The number of hydrogen-bond acceptors (Lipinski definition) is 26. The molecule has 0 heterocycles. The monoisotopic (exact) mass is 1730 g/mol. The van der Waals surface area contributed by atoms with E-state index in [1.165, 1.54) is 58.9 Å². The molecule has 0 radical (unpaired) electrons. The largest absolute Gasteiger partial charge is 0.508 e. The van der Waals surface area contributed by atoms with Crippen molar-refractivity contribution < 1.29 is 121 Å². The Bertz CT molecular complexity index is 3780. The third kappa shape index (κ3) is 42.1. The Balaban J connectivity index is 3.55. The van der Waals surface area contributed by atoms with Crippen molar-refractivity contribution in [3.63, 3.8) is 0 Å². The number of unbranched alkanes of at least 4 members (excludes halogenated alkanes) is 2. The Morgan fingerprint density at radius 2 is 0.672 bits per heavy atom. The van der Waals surface area contributed by atoms with E-state index < -0.39 is 291 Å². The number of aliphatic hydroxyl groups is 1. The van der Waals surface area contributed by atoms with Crippen molar-refractivity contribution in [1.82, 2.24) is 85.1 Å². The molecule has 684 valence electrons. The summed E-state index contributed by atoms with van der Waals surface area (Å²) in [5, 5.41) is 77.8. The van der Waals surface area contributed by atoms with Gasteiger partial charge in [-0.3, -0.25) is 101 Å². The number of rotatable bonds is 61. The van der Waals surface area contributed by atoms with Crippen LogP contribution in [0.1, 0.15) is 164 Å². The standard InChI is InChI=1S/C75H124N22O25/c1-10-82-33-55(103)87-46(23-27-57(105)106)69(116)95-60(37(4)5)74(121)93-49(31-41-17-19-42(99)20-18-41)71(118)96-61(38(6)7)75(122)97-59(36(2)3)73(120)85-40(9)63(110)88-48(24-28-58(107)108)68(115)92-50(32-54(80)102)70(117)91-47(22-26-53(79)101)67(114)90-45(21-25-52(78)100)64(111)83-34-56(104)86-43(15-11-13-29-76)66(113)94-51(35-98)72(119)89-44(16-12-14-30-77)65(112)84-39(8)62(81)109/h17-20,36-40,43-51,59-61,82,98-99H,10-16,21-35,76-77H2,1-9H3,(H2,78,100)(H2,79,101)(H2,80,102)(H2,81,109)(H,83,111)(H,84,112)(H,85,120)(H,86,104)(H,87,103)(H,88,110)(H,89,119)(H,90,114)(H,91,117)(H,92,115)(H,93,121)(H,94,113)(H,95,116)(H,96,118)(H,97,122)(H,105,106)(H,107,108)/t39?,40-,43-,44-,45-,46?,47?,48?,49?,50-,51?,59?,60-,61-/m0/s1. The van der Waals surface area contributed by atoms with Crippen LogP contribution < -0.4 is 119 Å². The fraction of sp³-hybridized carbons (Fsp3) is 0.640. The number of phenolic OH excluding ortho intramolecular Hbond substituents is 1. The SMILES string of the molecule is CCNCC(=O)NC(CCC(=O)O)C(=O)N[C@H](C(=O)NC(Cc1ccc(O)cc1)C(=O)N[C@H](C(=O)NC(C(=O)N[C@@H](C)C(=O)NC(CCC(=O)O)C(=O)N[C@@H](CC(N)=O)C(=O)NC(CCC(N)=O)C(=O)N[C@@H](CCC(N)=O)C(=O)NCC(=O)N[C@@H](CCCCN)C(=O)NC(CO)C(=O)N[C@@H](CCCCN)C(=O)NC(C)C(N)=O)C(C)C)C(C)C)C(C)C. The van der Waals surface area contributed by atoms with Gasteiger partial charge in [0.1, 0.15) is 90.3 Å². The number of likely N-dealkylation sites (N-methyl/N-ethyl adjacent to an activating group) is 1. The zero-order valence-electron chi connectivity index (χ0n) is 70.0. The molecule has 122 heavy (non-hydrogen) atoms. The summed E-state index contributed by atoms with van der Waals surface area (Å²) in [6.45, 7) is 11.9. The maximum Gasteiger partial charge on any atom is 0.303 e. The second-order valence-corrected chi connectivity index (χ2v) is 29.9. The van der Waals surface area contributed by atoms with Crippen molar-refractivity contribution >= 4 is 124 Å². The molecule has 0 aromatic heterocycles. The lowest BCUT2D eigenvalue weighted by Gasteiger charge is -2.30. The van der Waals surface area contributed by atoms with Gasteiger partial charge in [0, 0.05) is 32.1 Å². The zero-order chi connectivity index (χ0) is 92.8. The molecular formula is C75H124N22O25. The molecule has 0 aliphatic carbocycles. The molecule has 0 saturated heterocycles. The van der Waals surface area contributed by atoms with E-state index in [0.29, 0.717) is 31.4 Å². The van der Waals surface area contributed by atoms with Crippen LogP contribution in [-0.2, 0) is 107 Å². The number of nitrogens with two attached hydrogens (primary N) is 6. The maximum absolute atomic E-state index is 14.5. The van der Waals surface area contributed by atoms with E-state index in [1.807, 2.05) is 0 Å². The number of aromatic hydroxyl groups is 1. The fourth-order valence-corrected chi connectivity index (χ4v) is 11.4. The lowest BCUT2D eigenvalue weighted by Crippen LogP contribution is -2.62. The van der Waals surface area contributed by atoms with Crippen molar-refractivity contribution in [2.75, 3.05) is 39.3 Å². The third-order valence-electron chi connectivity index (χ3n) is 18.5. The van der Waals surface area contributed by atoms with Gasteiger partial charge in [-0.25, -0.2) is 0 Å². The molecule has 14 atom stereocenters. The van der Waals surface area contributed by atoms with Crippen LogP contribution in [0.25, 0.3) is 0 Å². The summed E-state index contributed by atoms with van der Waals surface area (Å²) < 4.78 is 0. The van der Waals surface area contributed by atoms with Gasteiger partial charge in [0.2, 0.25) is 112 Å². The van der Waals surface area contributed by atoms with E-state index >= 15 is 0 Å². The third-order valence-corrected chi connectivity index (χ3v) is 18.5. The molecule has 1 aromatic rings. The van der Waals surface area contributed by atoms with Crippen LogP contribution in [-0.4, -0.2) is 269 Å². The summed E-state index contributed by atoms with van der Waals surface area (Å²) in [6.07, 6.45) is -5.28. The summed E-state index contributed by atoms with van der Waals surface area (Å²) in [6, 6.07) is -16.9. The van der Waals surface area contributed by atoms with Crippen molar-refractivity contribution in [2.24, 2.45) is 52.2 Å². The number of benzene rings is 1. The minimum absolute atomic E-state index is 0.0103. The van der Waals surface area contributed by atoms with Gasteiger partial charge in [-0.05, 0) is 133 Å². The normalized spacial score (nSPS) is 14.5. The summed E-state index contributed by atoms with van der Waals surface area (Å²) >= 11 is 0. The summed E-state index contributed by atoms with van der Waals surface area (Å²) in [7, 11) is 0. The second-order valence-electron chi connectivity index (χ2n) is 29.9. The van der Waals surface area contributed by atoms with E-state index in [9.17, 15) is 121 Å². The summed E-state index contributed by atoms with van der Waals surface area (Å²) in [5.74, 6) is -25.3. The fourth-order valence-electron chi connectivity index (χ4n) is 11.4. The van der Waals surface area contributed by atoms with Gasteiger partial charge >= 0.3 is 11.9 Å². The van der Waals surface area contributed by atoms with Crippen LogP contribution in [0.3, 0.4) is 0 Å². The average molecular weight is 1730 g/mol. The highest BCUT2D eigenvalue weighted by Crippen LogP contribution is 2.16. The number of aliphatic hydroxyl groups excluding tert-OH is 1. The highest BCUT2D eigenvalue weighted by atomic mass is 16.4. The number of phenols is 1. The van der Waals surface area contributed by atoms with Crippen LogP contribution in [0.15, 0.2) is 24.3 Å². The number of carboxylic acid groups (broad SMARTS) is 2. The molecule has 47 nitrogen and oxygen atoms in total. The van der Waals surface area contributed by atoms with Gasteiger partial charge < -0.3 is 140 Å².